The molecule has 5 heteroatoms. The quantitative estimate of drug-likeness (QED) is 0.918. The average Bonchev–Trinajstić information content (AvgIpc) is 2.30. The van der Waals surface area contributed by atoms with E-state index in [0.29, 0.717) is 11.4 Å². The lowest BCUT2D eigenvalue weighted by atomic mass is 10.1. The third kappa shape index (κ3) is 1.99. The molecule has 0 aliphatic carbocycles. The maximum atomic E-state index is 10.9. The number of hydrogen-bond donors (Lipinski definition) is 1. The van der Waals surface area contributed by atoms with E-state index in [2.05, 4.69) is 26.1 Å². The van der Waals surface area contributed by atoms with Crippen LogP contribution in [0.1, 0.15) is 0 Å². The van der Waals surface area contributed by atoms with Crippen LogP contribution in [0.5, 0.6) is 5.75 Å². The number of methoxy groups -OCH3 is 1. The van der Waals surface area contributed by atoms with Crippen LogP contribution in [-0.2, 0) is 0 Å². The largest absolute Gasteiger partial charge is 0.495 e. The second kappa shape index (κ2) is 4.49. The van der Waals surface area contributed by atoms with Crippen LogP contribution in [0.4, 0.5) is 0 Å². The van der Waals surface area contributed by atoms with Crippen LogP contribution in [0.3, 0.4) is 0 Å². The van der Waals surface area contributed by atoms with Crippen LogP contribution in [0.15, 0.2) is 39.6 Å². The fourth-order valence-corrected chi connectivity index (χ4v) is 1.94. The number of halogens is 1. The van der Waals surface area contributed by atoms with E-state index in [1.54, 1.807) is 13.2 Å². The molecule has 0 aliphatic rings. The fraction of sp³-hybridized carbons (Fsp3) is 0.0909. The van der Waals surface area contributed by atoms with Gasteiger partial charge in [-0.2, -0.15) is 5.10 Å². The summed E-state index contributed by atoms with van der Waals surface area (Å²) in [6.07, 6.45) is 0. The first-order valence-electron chi connectivity index (χ1n) is 4.61. The molecule has 1 N–H and O–H groups in total. The topological polar surface area (TPSA) is 55.0 Å². The number of hydrogen-bond acceptors (Lipinski definition) is 3. The molecule has 2 rings (SSSR count). The standard InChI is InChI=1S/C11H9BrN2O2/c1-16-11-7(3-2-4-8(11)12)9-5-6-10(15)14-13-9/h2-6H,1H3,(H,14,15). The van der Waals surface area contributed by atoms with E-state index in [4.69, 9.17) is 4.74 Å². The summed E-state index contributed by atoms with van der Waals surface area (Å²) in [5.74, 6) is 0.696. The summed E-state index contributed by atoms with van der Waals surface area (Å²) in [5, 5.41) is 6.35. The van der Waals surface area contributed by atoms with Gasteiger partial charge in [0.2, 0.25) is 0 Å². The maximum absolute atomic E-state index is 10.9. The average molecular weight is 281 g/mol. The summed E-state index contributed by atoms with van der Waals surface area (Å²) >= 11 is 3.39. The van der Waals surface area contributed by atoms with Gasteiger partial charge in [0.05, 0.1) is 17.3 Å². The number of H-pyrrole nitrogens is 1. The third-order valence-corrected chi connectivity index (χ3v) is 2.75. The molecule has 16 heavy (non-hydrogen) atoms. The lowest BCUT2D eigenvalue weighted by molar-refractivity contribution is 0.413. The zero-order valence-corrected chi connectivity index (χ0v) is 10.1. The van der Waals surface area contributed by atoms with Crippen molar-refractivity contribution < 1.29 is 4.74 Å². The van der Waals surface area contributed by atoms with Crippen LogP contribution in [0.2, 0.25) is 0 Å². The van der Waals surface area contributed by atoms with Crippen molar-refractivity contribution in [2.24, 2.45) is 0 Å². The first-order chi connectivity index (χ1) is 7.72. The normalized spacial score (nSPS) is 10.1. The zero-order valence-electron chi connectivity index (χ0n) is 8.53. The Hall–Kier alpha value is -1.62. The minimum absolute atomic E-state index is 0.224. The smallest absolute Gasteiger partial charge is 0.264 e. The highest BCUT2D eigenvalue weighted by Crippen LogP contribution is 2.34. The Morgan fingerprint density at radius 1 is 1.31 bits per heavy atom. The molecule has 0 saturated carbocycles. The van der Waals surface area contributed by atoms with Gasteiger partial charge in [0.1, 0.15) is 5.75 Å². The van der Waals surface area contributed by atoms with E-state index in [1.807, 2.05) is 18.2 Å². The van der Waals surface area contributed by atoms with Crippen molar-refractivity contribution in [3.63, 3.8) is 0 Å². The van der Waals surface area contributed by atoms with E-state index in [0.717, 1.165) is 10.0 Å². The number of rotatable bonds is 2. The number of para-hydroxylation sites is 1. The highest BCUT2D eigenvalue weighted by Gasteiger charge is 2.09. The Balaban J connectivity index is 2.59. The first kappa shape index (κ1) is 10.9. The van der Waals surface area contributed by atoms with Crippen molar-refractivity contribution in [1.29, 1.82) is 0 Å². The predicted molar refractivity (Wildman–Crippen MR) is 64.5 cm³/mol. The number of ether oxygens (including phenoxy) is 1. The molecule has 1 heterocycles. The Bertz CT molecular complexity index is 546. The van der Waals surface area contributed by atoms with Crippen molar-refractivity contribution in [2.75, 3.05) is 7.11 Å². The SMILES string of the molecule is COc1c(Br)cccc1-c1ccc(=O)[nH]n1. The van der Waals surface area contributed by atoms with Crippen LogP contribution >= 0.6 is 15.9 Å². The predicted octanol–water partition coefficient (Wildman–Crippen LogP) is 2.21. The van der Waals surface area contributed by atoms with Crippen molar-refractivity contribution in [3.8, 4) is 17.0 Å². The minimum atomic E-state index is -0.224. The second-order valence-electron chi connectivity index (χ2n) is 3.13. The molecule has 0 bridgehead atoms. The van der Waals surface area contributed by atoms with Crippen molar-refractivity contribution in [3.05, 3.63) is 45.2 Å². The highest BCUT2D eigenvalue weighted by molar-refractivity contribution is 9.10. The molecule has 1 aromatic carbocycles. The van der Waals surface area contributed by atoms with Crippen molar-refractivity contribution in [2.45, 2.75) is 0 Å². The van der Waals surface area contributed by atoms with Gasteiger partial charge >= 0.3 is 0 Å². The Morgan fingerprint density at radius 2 is 2.12 bits per heavy atom. The van der Waals surface area contributed by atoms with Crippen LogP contribution in [0.25, 0.3) is 11.3 Å². The van der Waals surface area contributed by atoms with Crippen molar-refractivity contribution in [1.82, 2.24) is 10.2 Å². The number of aromatic nitrogens is 2. The van der Waals surface area contributed by atoms with Gasteiger partial charge < -0.3 is 4.74 Å². The Kier molecular flexibility index (Phi) is 3.05. The summed E-state index contributed by atoms with van der Waals surface area (Å²) in [6.45, 7) is 0. The molecule has 0 amide bonds. The zero-order chi connectivity index (χ0) is 11.5. The van der Waals surface area contributed by atoms with Crippen LogP contribution < -0.4 is 10.3 Å². The molecular weight excluding hydrogens is 272 g/mol. The molecular formula is C11H9BrN2O2. The number of aromatic amines is 1. The van der Waals surface area contributed by atoms with E-state index >= 15 is 0 Å². The maximum Gasteiger partial charge on any atom is 0.264 e. The number of nitrogens with one attached hydrogen (secondary N) is 1. The van der Waals surface area contributed by atoms with Crippen LogP contribution in [-0.4, -0.2) is 17.3 Å². The van der Waals surface area contributed by atoms with Gasteiger partial charge in [0.15, 0.2) is 0 Å². The Morgan fingerprint density at radius 3 is 2.75 bits per heavy atom. The molecule has 0 fully saturated rings. The van der Waals surface area contributed by atoms with Gasteiger partial charge in [-0.05, 0) is 34.1 Å². The Labute approximate surface area is 100 Å². The van der Waals surface area contributed by atoms with E-state index in [9.17, 15) is 4.79 Å². The van der Waals surface area contributed by atoms with E-state index in [1.165, 1.54) is 6.07 Å². The van der Waals surface area contributed by atoms with E-state index < -0.39 is 0 Å². The van der Waals surface area contributed by atoms with E-state index in [-0.39, 0.29) is 5.56 Å². The molecule has 4 nitrogen and oxygen atoms in total. The first-order valence-corrected chi connectivity index (χ1v) is 5.40. The van der Waals surface area contributed by atoms with Gasteiger partial charge in [0.25, 0.3) is 5.56 Å². The number of benzene rings is 1. The molecule has 0 aliphatic heterocycles. The summed E-state index contributed by atoms with van der Waals surface area (Å²) in [4.78, 5) is 10.9. The summed E-state index contributed by atoms with van der Waals surface area (Å²) < 4.78 is 6.13. The molecule has 0 saturated heterocycles. The van der Waals surface area contributed by atoms with Gasteiger partial charge in [-0.3, -0.25) is 4.79 Å². The van der Waals surface area contributed by atoms with Gasteiger partial charge in [-0.1, -0.05) is 6.07 Å². The molecule has 0 unspecified atom stereocenters. The summed E-state index contributed by atoms with van der Waals surface area (Å²) in [6, 6.07) is 8.73. The molecule has 0 radical (unpaired) electrons. The van der Waals surface area contributed by atoms with Gasteiger partial charge in [-0.25, -0.2) is 5.10 Å². The monoisotopic (exact) mass is 280 g/mol. The van der Waals surface area contributed by atoms with Crippen molar-refractivity contribution >= 4 is 15.9 Å². The molecule has 0 spiro atoms. The highest BCUT2D eigenvalue weighted by atomic mass is 79.9. The third-order valence-electron chi connectivity index (χ3n) is 2.13. The second-order valence-corrected chi connectivity index (χ2v) is 3.98. The number of nitrogens with zero attached hydrogens (tertiary/aromatic N) is 1. The fourth-order valence-electron chi connectivity index (χ4n) is 1.41. The molecule has 1 aromatic heterocycles. The van der Waals surface area contributed by atoms with Gasteiger partial charge in [0, 0.05) is 11.6 Å². The lowest BCUT2D eigenvalue weighted by Crippen LogP contribution is -2.05. The van der Waals surface area contributed by atoms with Crippen LogP contribution in [0, 0.1) is 0 Å². The van der Waals surface area contributed by atoms with Gasteiger partial charge in [-0.15, -0.1) is 0 Å². The molecule has 0 atom stereocenters. The summed E-state index contributed by atoms with van der Waals surface area (Å²) in [7, 11) is 1.59. The lowest BCUT2D eigenvalue weighted by Gasteiger charge is -2.08. The molecule has 2 aromatic rings. The summed E-state index contributed by atoms with van der Waals surface area (Å²) in [5.41, 5.74) is 1.27. The molecule has 82 valence electrons. The minimum Gasteiger partial charge on any atom is -0.495 e.